The number of rotatable bonds is 8. The summed E-state index contributed by atoms with van der Waals surface area (Å²) in [6, 6.07) is 5.07. The van der Waals surface area contributed by atoms with Crippen molar-refractivity contribution in [3.8, 4) is 11.5 Å². The molecule has 2 rings (SSSR count). The van der Waals surface area contributed by atoms with Crippen molar-refractivity contribution in [2.24, 2.45) is 0 Å². The fourth-order valence-corrected chi connectivity index (χ4v) is 3.76. The molecule has 1 atom stereocenters. The summed E-state index contributed by atoms with van der Waals surface area (Å²) < 4.78 is 11.6. The van der Waals surface area contributed by atoms with E-state index < -0.39 is 24.5 Å². The number of nitrogens with zero attached hydrogens (tertiary/aromatic N) is 2. The number of hydrogen-bond acceptors (Lipinski definition) is 7. The maximum Gasteiger partial charge on any atom is 0.323 e. The highest BCUT2D eigenvalue weighted by Gasteiger charge is 2.33. The van der Waals surface area contributed by atoms with Gasteiger partial charge in [-0.1, -0.05) is 30.0 Å². The largest absolute Gasteiger partial charge is 0.490 e. The van der Waals surface area contributed by atoms with Crippen LogP contribution < -0.4 is 9.47 Å². The number of carboxylic acids is 1. The third kappa shape index (κ3) is 5.70. The second-order valence-electron chi connectivity index (χ2n) is 6.29. The molecule has 0 bridgehead atoms. The second kappa shape index (κ2) is 9.75. The van der Waals surface area contributed by atoms with Gasteiger partial charge in [0.05, 0.1) is 11.5 Å². The molecule has 1 aromatic rings. The number of benzene rings is 1. The van der Waals surface area contributed by atoms with Crippen molar-refractivity contribution in [3.05, 3.63) is 28.7 Å². The van der Waals surface area contributed by atoms with Crippen LogP contribution in [0.4, 0.5) is 0 Å². The maximum absolute atomic E-state index is 12.4. The summed E-state index contributed by atoms with van der Waals surface area (Å²) in [4.78, 5) is 38.2. The van der Waals surface area contributed by atoms with Crippen LogP contribution in [0.2, 0.25) is 0 Å². The lowest BCUT2D eigenvalue weighted by molar-refractivity contribution is -0.140. The lowest BCUT2D eigenvalue weighted by Crippen LogP contribution is -2.35. The zero-order chi connectivity index (χ0) is 21.7. The fraction of sp³-hybridized carbons (Fsp3) is 0.368. The molecule has 1 fully saturated rings. The SMILES string of the molecule is CCOc1cc(/C=C2/SC(=S)N(CC(=O)O)C2=O)ccc1O[C@@H](C)C(=O)N(C)C. The molecule has 1 saturated heterocycles. The third-order valence-electron chi connectivity index (χ3n) is 3.82. The predicted molar refractivity (Wildman–Crippen MR) is 114 cm³/mol. The Bertz CT molecular complexity index is 868. The Balaban J connectivity index is 2.27. The Morgan fingerprint density at radius 2 is 2.03 bits per heavy atom. The molecule has 1 heterocycles. The summed E-state index contributed by atoms with van der Waals surface area (Å²) in [5.41, 5.74) is 0.656. The summed E-state index contributed by atoms with van der Waals surface area (Å²) in [6.07, 6.45) is 0.921. The van der Waals surface area contributed by atoms with Crippen LogP contribution in [0.25, 0.3) is 6.08 Å². The van der Waals surface area contributed by atoms with Crippen molar-refractivity contribution < 1.29 is 29.0 Å². The average Bonchev–Trinajstić information content (AvgIpc) is 2.90. The van der Waals surface area contributed by atoms with Gasteiger partial charge in [0.25, 0.3) is 11.8 Å². The van der Waals surface area contributed by atoms with Gasteiger partial charge in [-0.05, 0) is 37.6 Å². The van der Waals surface area contributed by atoms with Gasteiger partial charge in [0.1, 0.15) is 10.9 Å². The molecule has 10 heteroatoms. The van der Waals surface area contributed by atoms with E-state index in [0.29, 0.717) is 28.6 Å². The van der Waals surface area contributed by atoms with Crippen LogP contribution in [0, 0.1) is 0 Å². The lowest BCUT2D eigenvalue weighted by atomic mass is 10.1. The van der Waals surface area contributed by atoms with Crippen LogP contribution in [0.15, 0.2) is 23.1 Å². The van der Waals surface area contributed by atoms with Crippen LogP contribution in [0.1, 0.15) is 19.4 Å². The predicted octanol–water partition coefficient (Wildman–Crippen LogP) is 2.23. The smallest absolute Gasteiger partial charge is 0.323 e. The summed E-state index contributed by atoms with van der Waals surface area (Å²) in [7, 11) is 3.30. The van der Waals surface area contributed by atoms with Crippen molar-refractivity contribution in [2.45, 2.75) is 20.0 Å². The number of hydrogen-bond donors (Lipinski definition) is 1. The maximum atomic E-state index is 12.4. The molecule has 0 spiro atoms. The second-order valence-corrected chi connectivity index (χ2v) is 7.97. The molecule has 0 radical (unpaired) electrons. The van der Waals surface area contributed by atoms with Crippen molar-refractivity contribution in [1.29, 1.82) is 0 Å². The summed E-state index contributed by atoms with van der Waals surface area (Å²) in [5, 5.41) is 8.92. The highest BCUT2D eigenvalue weighted by molar-refractivity contribution is 8.26. The van der Waals surface area contributed by atoms with Crippen LogP contribution in [0.5, 0.6) is 11.5 Å². The number of amides is 2. The molecule has 156 valence electrons. The standard InChI is InChI=1S/C19H22N2O6S2/c1-5-26-14-8-12(6-7-13(14)27-11(2)17(24)20(3)4)9-15-18(25)21(10-16(22)23)19(28)29-15/h6-9,11H,5,10H2,1-4H3,(H,22,23)/b15-9+/t11-/m0/s1. The number of ether oxygens (including phenoxy) is 2. The van der Waals surface area contributed by atoms with E-state index in [2.05, 4.69) is 0 Å². The van der Waals surface area contributed by atoms with E-state index in [9.17, 15) is 14.4 Å². The summed E-state index contributed by atoms with van der Waals surface area (Å²) in [5.74, 6) is -0.931. The fourth-order valence-electron chi connectivity index (χ4n) is 2.51. The van der Waals surface area contributed by atoms with E-state index in [1.165, 1.54) is 4.90 Å². The van der Waals surface area contributed by atoms with Crippen LogP contribution in [0.3, 0.4) is 0 Å². The molecule has 0 saturated carbocycles. The lowest BCUT2D eigenvalue weighted by Gasteiger charge is -2.20. The number of carbonyl (C=O) groups excluding carboxylic acids is 2. The molecule has 1 aliphatic rings. The summed E-state index contributed by atoms with van der Waals surface area (Å²) in [6.45, 7) is 3.38. The van der Waals surface area contributed by atoms with Gasteiger partial charge in [-0.15, -0.1) is 0 Å². The van der Waals surface area contributed by atoms with Gasteiger partial charge in [-0.2, -0.15) is 0 Å². The normalized spacial score (nSPS) is 16.1. The van der Waals surface area contributed by atoms with Crippen molar-refractivity contribution >= 4 is 52.2 Å². The van der Waals surface area contributed by atoms with E-state index in [4.69, 9.17) is 26.8 Å². The molecule has 0 aromatic heterocycles. The first kappa shape index (κ1) is 22.7. The Morgan fingerprint density at radius 3 is 2.62 bits per heavy atom. The van der Waals surface area contributed by atoms with Crippen LogP contribution >= 0.6 is 24.0 Å². The first-order chi connectivity index (χ1) is 13.6. The van der Waals surface area contributed by atoms with Gasteiger partial charge in [0.15, 0.2) is 17.6 Å². The molecular weight excluding hydrogens is 416 g/mol. The van der Waals surface area contributed by atoms with Crippen molar-refractivity contribution in [2.75, 3.05) is 27.2 Å². The van der Waals surface area contributed by atoms with Crippen molar-refractivity contribution in [1.82, 2.24) is 9.80 Å². The molecule has 8 nitrogen and oxygen atoms in total. The van der Waals surface area contributed by atoms with Gasteiger partial charge < -0.3 is 19.5 Å². The zero-order valence-corrected chi connectivity index (χ0v) is 18.1. The van der Waals surface area contributed by atoms with Crippen LogP contribution in [-0.4, -0.2) is 70.4 Å². The van der Waals surface area contributed by atoms with E-state index in [1.54, 1.807) is 45.3 Å². The highest BCUT2D eigenvalue weighted by Crippen LogP contribution is 2.35. The third-order valence-corrected chi connectivity index (χ3v) is 5.20. The number of thioether (sulfide) groups is 1. The monoisotopic (exact) mass is 438 g/mol. The molecule has 0 aliphatic carbocycles. The minimum absolute atomic E-state index is 0.182. The first-order valence-corrected chi connectivity index (χ1v) is 9.98. The molecule has 1 N–H and O–H groups in total. The highest BCUT2D eigenvalue weighted by atomic mass is 32.2. The molecular formula is C19H22N2O6S2. The number of likely N-dealkylation sites (N-methyl/N-ethyl adjacent to an activating group) is 1. The molecule has 1 aliphatic heterocycles. The first-order valence-electron chi connectivity index (χ1n) is 8.75. The Morgan fingerprint density at radius 1 is 1.34 bits per heavy atom. The zero-order valence-electron chi connectivity index (χ0n) is 16.5. The Kier molecular flexibility index (Phi) is 7.63. The topological polar surface area (TPSA) is 96.4 Å². The van der Waals surface area contributed by atoms with Crippen LogP contribution in [-0.2, 0) is 14.4 Å². The summed E-state index contributed by atoms with van der Waals surface area (Å²) >= 11 is 6.14. The molecule has 0 unspecified atom stereocenters. The number of aliphatic carboxylic acids is 1. The minimum Gasteiger partial charge on any atom is -0.490 e. The average molecular weight is 439 g/mol. The Hall–Kier alpha value is -2.59. The quantitative estimate of drug-likeness (QED) is 0.488. The minimum atomic E-state index is -1.14. The van der Waals surface area contributed by atoms with Gasteiger partial charge in [0.2, 0.25) is 0 Å². The van der Waals surface area contributed by atoms with Gasteiger partial charge in [-0.3, -0.25) is 19.3 Å². The van der Waals surface area contributed by atoms with Gasteiger partial charge in [-0.25, -0.2) is 0 Å². The van der Waals surface area contributed by atoms with E-state index in [-0.39, 0.29) is 10.2 Å². The molecule has 2 amide bonds. The number of carboxylic acid groups (broad SMARTS) is 1. The van der Waals surface area contributed by atoms with E-state index in [1.807, 2.05) is 6.92 Å². The number of thiocarbonyl (C=S) groups is 1. The van der Waals surface area contributed by atoms with Gasteiger partial charge >= 0.3 is 5.97 Å². The Labute approximate surface area is 178 Å². The van der Waals surface area contributed by atoms with Gasteiger partial charge in [0, 0.05) is 14.1 Å². The van der Waals surface area contributed by atoms with E-state index >= 15 is 0 Å². The van der Waals surface area contributed by atoms with Crippen molar-refractivity contribution in [3.63, 3.8) is 0 Å². The van der Waals surface area contributed by atoms with E-state index in [0.717, 1.165) is 16.7 Å². The molecule has 1 aromatic carbocycles. The molecule has 29 heavy (non-hydrogen) atoms. The number of carbonyl (C=O) groups is 3.